The van der Waals surface area contributed by atoms with Gasteiger partial charge in [-0.2, -0.15) is 4.31 Å². The van der Waals surface area contributed by atoms with Crippen LogP contribution in [-0.2, 0) is 10.0 Å². The van der Waals surface area contributed by atoms with Crippen LogP contribution in [0.15, 0.2) is 45.8 Å². The van der Waals surface area contributed by atoms with Crippen molar-refractivity contribution in [3.63, 3.8) is 0 Å². The van der Waals surface area contributed by atoms with E-state index in [4.69, 9.17) is 4.74 Å². The van der Waals surface area contributed by atoms with E-state index in [1.54, 1.807) is 20.1 Å². The molecule has 1 saturated heterocycles. The highest BCUT2D eigenvalue weighted by Crippen LogP contribution is 2.43. The predicted octanol–water partition coefficient (Wildman–Crippen LogP) is 4.11. The van der Waals surface area contributed by atoms with E-state index in [0.717, 1.165) is 16.1 Å². The molecular formula is C17H17BrN2O5S2. The van der Waals surface area contributed by atoms with Crippen molar-refractivity contribution in [1.29, 1.82) is 0 Å². The van der Waals surface area contributed by atoms with Gasteiger partial charge in [-0.3, -0.25) is 10.1 Å². The van der Waals surface area contributed by atoms with Crippen LogP contribution in [0.4, 0.5) is 5.69 Å². The van der Waals surface area contributed by atoms with Crippen LogP contribution < -0.4 is 4.74 Å². The van der Waals surface area contributed by atoms with E-state index < -0.39 is 20.3 Å². The Bertz CT molecular complexity index is 997. The molecule has 1 aliphatic rings. The highest BCUT2D eigenvalue weighted by molar-refractivity contribution is 9.10. The number of hydrogen-bond donors (Lipinski definition) is 0. The summed E-state index contributed by atoms with van der Waals surface area (Å²) < 4.78 is 33.9. The summed E-state index contributed by atoms with van der Waals surface area (Å²) in [4.78, 5) is 10.5. The van der Waals surface area contributed by atoms with E-state index in [9.17, 15) is 18.5 Å². The van der Waals surface area contributed by atoms with Crippen molar-refractivity contribution in [2.24, 2.45) is 0 Å². The first-order valence-corrected chi connectivity index (χ1v) is 11.3. The van der Waals surface area contributed by atoms with Gasteiger partial charge in [0.05, 0.1) is 26.8 Å². The first-order valence-electron chi connectivity index (χ1n) is 7.97. The molecule has 1 aliphatic heterocycles. The molecule has 144 valence electrons. The Balaban J connectivity index is 2.02. The maximum Gasteiger partial charge on any atom is 0.270 e. The van der Waals surface area contributed by atoms with Crippen molar-refractivity contribution in [1.82, 2.24) is 4.31 Å². The molecule has 1 atom stereocenters. The third-order valence-electron chi connectivity index (χ3n) is 4.28. The number of nitro benzene ring substituents is 1. The van der Waals surface area contributed by atoms with Gasteiger partial charge < -0.3 is 4.74 Å². The number of halogens is 1. The average Bonchev–Trinajstić information content (AvgIpc) is 3.12. The van der Waals surface area contributed by atoms with Crippen molar-refractivity contribution >= 4 is 43.4 Å². The van der Waals surface area contributed by atoms with E-state index >= 15 is 0 Å². The second-order valence-corrected chi connectivity index (χ2v) is 9.84. The summed E-state index contributed by atoms with van der Waals surface area (Å²) in [7, 11) is -2.33. The van der Waals surface area contributed by atoms with E-state index in [-0.39, 0.29) is 10.6 Å². The van der Waals surface area contributed by atoms with Gasteiger partial charge in [-0.1, -0.05) is 12.1 Å². The maximum atomic E-state index is 13.3. The minimum absolute atomic E-state index is 0.0308. The zero-order valence-electron chi connectivity index (χ0n) is 14.6. The molecule has 1 heterocycles. The number of thioether (sulfide) groups is 1. The minimum atomic E-state index is -3.89. The minimum Gasteiger partial charge on any atom is -0.496 e. The van der Waals surface area contributed by atoms with Crippen molar-refractivity contribution in [2.45, 2.75) is 17.2 Å². The Morgan fingerprint density at radius 3 is 2.67 bits per heavy atom. The fraction of sp³-hybridized carbons (Fsp3) is 0.294. The van der Waals surface area contributed by atoms with Crippen LogP contribution in [0.25, 0.3) is 0 Å². The van der Waals surface area contributed by atoms with Crippen molar-refractivity contribution in [3.05, 3.63) is 62.1 Å². The lowest BCUT2D eigenvalue weighted by molar-refractivity contribution is -0.385. The predicted molar refractivity (Wildman–Crippen MR) is 108 cm³/mol. The highest BCUT2D eigenvalue weighted by Gasteiger charge is 2.38. The van der Waals surface area contributed by atoms with Gasteiger partial charge in [0.2, 0.25) is 10.0 Å². The fourth-order valence-electron chi connectivity index (χ4n) is 2.91. The third-order valence-corrected chi connectivity index (χ3v) is 8.30. The Kier molecular flexibility index (Phi) is 5.80. The Labute approximate surface area is 170 Å². The van der Waals surface area contributed by atoms with E-state index in [2.05, 4.69) is 15.9 Å². The molecule has 0 radical (unpaired) electrons. The number of rotatable bonds is 5. The summed E-state index contributed by atoms with van der Waals surface area (Å²) in [5, 5.41) is 10.7. The number of benzene rings is 2. The number of aryl methyl sites for hydroxylation is 1. The quantitative estimate of drug-likeness (QED) is 0.480. The molecule has 1 unspecified atom stereocenters. The summed E-state index contributed by atoms with van der Waals surface area (Å²) in [6, 6.07) is 9.36. The molecule has 2 aromatic rings. The lowest BCUT2D eigenvalue weighted by Gasteiger charge is -2.24. The summed E-state index contributed by atoms with van der Waals surface area (Å²) in [5.41, 5.74) is 1.05. The normalized spacial score (nSPS) is 17.8. The zero-order chi connectivity index (χ0) is 19.8. The van der Waals surface area contributed by atoms with Crippen LogP contribution in [0.3, 0.4) is 0 Å². The van der Waals surface area contributed by atoms with Gasteiger partial charge in [-0.25, -0.2) is 8.42 Å². The number of non-ortho nitro benzene ring substituents is 1. The number of nitrogens with zero attached hydrogens (tertiary/aromatic N) is 2. The first-order chi connectivity index (χ1) is 12.8. The highest BCUT2D eigenvalue weighted by atomic mass is 79.9. The van der Waals surface area contributed by atoms with Crippen molar-refractivity contribution < 1.29 is 18.1 Å². The summed E-state index contributed by atoms with van der Waals surface area (Å²) in [5.74, 6) is 1.30. The molecule has 0 N–H and O–H groups in total. The van der Waals surface area contributed by atoms with Gasteiger partial charge in [-0.15, -0.1) is 11.8 Å². The molecule has 0 saturated carbocycles. The molecule has 27 heavy (non-hydrogen) atoms. The van der Waals surface area contributed by atoms with Crippen molar-refractivity contribution in [2.75, 3.05) is 19.4 Å². The monoisotopic (exact) mass is 472 g/mol. The first kappa shape index (κ1) is 20.1. The largest absolute Gasteiger partial charge is 0.496 e. The molecule has 0 spiro atoms. The van der Waals surface area contributed by atoms with Gasteiger partial charge in [0.15, 0.2) is 0 Å². The Hall–Kier alpha value is -1.62. The van der Waals surface area contributed by atoms with Crippen LogP contribution in [-0.4, -0.2) is 37.1 Å². The molecule has 3 rings (SSSR count). The van der Waals surface area contributed by atoms with Crippen LogP contribution in [0.5, 0.6) is 5.75 Å². The van der Waals surface area contributed by atoms with Gasteiger partial charge >= 0.3 is 0 Å². The lowest BCUT2D eigenvalue weighted by atomic mass is 10.2. The summed E-state index contributed by atoms with van der Waals surface area (Å²) in [6.45, 7) is 1.97. The molecule has 0 aromatic heterocycles. The molecule has 10 heteroatoms. The molecule has 0 aliphatic carbocycles. The fourth-order valence-corrected chi connectivity index (χ4v) is 6.94. The summed E-state index contributed by atoms with van der Waals surface area (Å²) >= 11 is 4.94. The number of methoxy groups -OCH3 is 1. The maximum absolute atomic E-state index is 13.3. The van der Waals surface area contributed by atoms with Gasteiger partial charge in [0.1, 0.15) is 5.75 Å². The molecule has 0 amide bonds. The zero-order valence-corrected chi connectivity index (χ0v) is 17.8. The molecule has 0 bridgehead atoms. The van der Waals surface area contributed by atoms with Crippen LogP contribution in [0, 0.1) is 17.0 Å². The second kappa shape index (κ2) is 7.78. The van der Waals surface area contributed by atoms with E-state index in [0.29, 0.717) is 23.6 Å². The number of nitro groups is 1. The average molecular weight is 473 g/mol. The number of ether oxygens (including phenoxy) is 1. The third kappa shape index (κ3) is 3.84. The van der Waals surface area contributed by atoms with E-state index in [1.807, 2.05) is 12.1 Å². The Morgan fingerprint density at radius 2 is 2.04 bits per heavy atom. The SMILES string of the molecule is COc1ccc(C2SCCN2S(=O)(=O)c2cc([N+](=O)[O-])ccc2C)cc1Br. The Morgan fingerprint density at radius 1 is 1.30 bits per heavy atom. The molecular weight excluding hydrogens is 456 g/mol. The molecule has 7 nitrogen and oxygen atoms in total. The summed E-state index contributed by atoms with van der Waals surface area (Å²) in [6.07, 6.45) is 0. The molecule has 2 aromatic carbocycles. The van der Waals surface area contributed by atoms with Gasteiger partial charge in [-0.05, 0) is 46.1 Å². The van der Waals surface area contributed by atoms with Gasteiger partial charge in [0, 0.05) is 24.4 Å². The van der Waals surface area contributed by atoms with Gasteiger partial charge in [0.25, 0.3) is 5.69 Å². The molecule has 1 fully saturated rings. The van der Waals surface area contributed by atoms with Crippen LogP contribution in [0.2, 0.25) is 0 Å². The van der Waals surface area contributed by atoms with E-state index in [1.165, 1.54) is 28.2 Å². The van der Waals surface area contributed by atoms with Crippen LogP contribution in [0.1, 0.15) is 16.5 Å². The topological polar surface area (TPSA) is 89.8 Å². The number of hydrogen-bond acceptors (Lipinski definition) is 6. The van der Waals surface area contributed by atoms with Crippen molar-refractivity contribution in [3.8, 4) is 5.75 Å². The van der Waals surface area contributed by atoms with Crippen LogP contribution >= 0.6 is 27.7 Å². The smallest absolute Gasteiger partial charge is 0.270 e. The standard InChI is InChI=1S/C17H17BrN2O5S2/c1-11-3-5-13(20(21)22)10-16(11)27(23,24)19-7-8-26-17(19)12-4-6-15(25-2)14(18)9-12/h3-6,9-10,17H,7-8H2,1-2H3. The second-order valence-electron chi connectivity index (χ2n) is 5.94. The lowest BCUT2D eigenvalue weighted by Crippen LogP contribution is -2.31. The number of sulfonamides is 1.